The zero-order valence-corrected chi connectivity index (χ0v) is 16.5. The van der Waals surface area contributed by atoms with Gasteiger partial charge < -0.3 is 0 Å². The molecule has 0 radical (unpaired) electrons. The van der Waals surface area contributed by atoms with Gasteiger partial charge in [-0.3, -0.25) is 19.2 Å². The molecule has 0 saturated heterocycles. The highest BCUT2D eigenvalue weighted by Crippen LogP contribution is 2.47. The number of amides is 4. The monoisotopic (exact) mass is 508 g/mol. The average molecular weight is 510 g/mol. The van der Waals surface area contributed by atoms with Crippen LogP contribution in [0.15, 0.2) is 16.1 Å². The van der Waals surface area contributed by atoms with Gasteiger partial charge in [-0.15, -0.1) is 0 Å². The van der Waals surface area contributed by atoms with Crippen molar-refractivity contribution < 1.29 is 41.1 Å². The summed E-state index contributed by atoms with van der Waals surface area (Å²) in [7, 11) is 0. The predicted octanol–water partition coefficient (Wildman–Crippen LogP) is 3.93. The Morgan fingerprint density at radius 1 is 0.700 bits per heavy atom. The Kier molecular flexibility index (Phi) is 5.38. The molecular weight excluding hydrogens is 509 g/mol. The van der Waals surface area contributed by atoms with E-state index in [2.05, 4.69) is 0 Å². The van der Waals surface area contributed by atoms with Gasteiger partial charge in [-0.05, 0) is 0 Å². The fourth-order valence-corrected chi connectivity index (χ4v) is 3.72. The molecule has 30 heavy (non-hydrogen) atoms. The van der Waals surface area contributed by atoms with E-state index in [9.17, 15) is 41.1 Å². The van der Waals surface area contributed by atoms with Gasteiger partial charge in [0.1, 0.15) is 21.7 Å². The van der Waals surface area contributed by atoms with Gasteiger partial charge in [-0.1, -0.05) is 23.2 Å². The van der Waals surface area contributed by atoms with Gasteiger partial charge in [-0.25, -0.2) is 8.78 Å². The Labute approximate surface area is 182 Å². The highest BCUT2D eigenvalue weighted by Gasteiger charge is 2.49. The molecule has 0 N–H and O–H groups in total. The molecule has 2 heterocycles. The molecular formula is C15HCl4F5N2O4. The lowest BCUT2D eigenvalue weighted by Crippen LogP contribution is -2.24. The van der Waals surface area contributed by atoms with Crippen LogP contribution in [0, 0.1) is 11.6 Å². The van der Waals surface area contributed by atoms with E-state index in [4.69, 9.17) is 46.8 Å². The van der Waals surface area contributed by atoms with Gasteiger partial charge in [0.05, 0.1) is 16.7 Å². The van der Waals surface area contributed by atoms with Gasteiger partial charge in [0.25, 0.3) is 23.6 Å². The van der Waals surface area contributed by atoms with Crippen LogP contribution in [-0.2, 0) is 25.4 Å². The molecule has 0 spiro atoms. The molecule has 1 aromatic carbocycles. The summed E-state index contributed by atoms with van der Waals surface area (Å²) in [6.45, 7) is 0. The van der Waals surface area contributed by atoms with Crippen LogP contribution in [0.5, 0.6) is 0 Å². The number of carbonyl (C=O) groups excluding carboxylic acids is 4. The Morgan fingerprint density at radius 2 is 1.03 bits per heavy atom. The van der Waals surface area contributed by atoms with Gasteiger partial charge in [-0.2, -0.15) is 22.0 Å². The van der Waals surface area contributed by atoms with E-state index < -0.39 is 79.3 Å². The summed E-state index contributed by atoms with van der Waals surface area (Å²) >= 11 is 21.8. The maximum absolute atomic E-state index is 14.5. The largest absolute Gasteiger partial charge is 0.417 e. The molecule has 158 valence electrons. The number of nitrogens with zero attached hydrogens (tertiary/aromatic N) is 2. The molecule has 0 fully saturated rings. The van der Waals surface area contributed by atoms with Crippen molar-refractivity contribution in [2.75, 3.05) is 0 Å². The van der Waals surface area contributed by atoms with Gasteiger partial charge in [0.2, 0.25) is 0 Å². The maximum Gasteiger partial charge on any atom is 0.417 e. The summed E-state index contributed by atoms with van der Waals surface area (Å²) in [5, 5.41) is -2.38. The van der Waals surface area contributed by atoms with Gasteiger partial charge >= 0.3 is 6.18 Å². The number of benzene rings is 1. The van der Waals surface area contributed by atoms with Crippen LogP contribution >= 0.6 is 46.8 Å². The topological polar surface area (TPSA) is 74.8 Å². The number of hydrogen-bond donors (Lipinski definition) is 0. The third-order valence-electron chi connectivity index (χ3n) is 3.97. The van der Waals surface area contributed by atoms with Crippen molar-refractivity contribution in [3.63, 3.8) is 0 Å². The number of imide groups is 2. The van der Waals surface area contributed by atoms with E-state index in [0.717, 1.165) is 0 Å². The van der Waals surface area contributed by atoms with Crippen molar-refractivity contribution in [3.05, 3.63) is 44.5 Å². The van der Waals surface area contributed by atoms with Crippen molar-refractivity contribution in [2.24, 2.45) is 0 Å². The van der Waals surface area contributed by atoms with Crippen LogP contribution in [0.4, 0.5) is 22.0 Å². The van der Waals surface area contributed by atoms with E-state index in [1.165, 1.54) is 0 Å². The molecule has 0 atom stereocenters. The lowest BCUT2D eigenvalue weighted by atomic mass is 9.90. The molecule has 0 bridgehead atoms. The lowest BCUT2D eigenvalue weighted by molar-refractivity contribution is -0.138. The van der Waals surface area contributed by atoms with Crippen molar-refractivity contribution in [2.45, 2.75) is 6.18 Å². The minimum absolute atomic E-state index is 0.114. The molecule has 2 aliphatic rings. The number of hydrogen-bond acceptors (Lipinski definition) is 4. The van der Waals surface area contributed by atoms with Crippen LogP contribution in [-0.4, -0.2) is 32.5 Å². The Hall–Kier alpha value is -2.21. The van der Waals surface area contributed by atoms with Crippen LogP contribution in [0.2, 0.25) is 0 Å². The van der Waals surface area contributed by atoms with E-state index in [-0.39, 0.29) is 14.9 Å². The Morgan fingerprint density at radius 3 is 1.27 bits per heavy atom. The number of rotatable bonds is 2. The van der Waals surface area contributed by atoms with Crippen molar-refractivity contribution >= 4 is 81.5 Å². The first-order chi connectivity index (χ1) is 13.7. The average Bonchev–Trinajstić information content (AvgIpc) is 2.95. The summed E-state index contributed by atoms with van der Waals surface area (Å²) in [5.41, 5.74) is -8.24. The molecule has 4 amide bonds. The highest BCUT2D eigenvalue weighted by molar-refractivity contribution is 6.61. The zero-order chi connectivity index (χ0) is 22.9. The first kappa shape index (κ1) is 22.5. The highest BCUT2D eigenvalue weighted by atomic mass is 35.5. The first-order valence-electron chi connectivity index (χ1n) is 7.20. The van der Waals surface area contributed by atoms with Crippen LogP contribution in [0.3, 0.4) is 0 Å². The second-order valence-corrected chi connectivity index (χ2v) is 7.06. The smallest absolute Gasteiger partial charge is 0.267 e. The van der Waals surface area contributed by atoms with E-state index >= 15 is 0 Å². The Balaban J connectivity index is 2.51. The van der Waals surface area contributed by atoms with E-state index in [1.54, 1.807) is 0 Å². The summed E-state index contributed by atoms with van der Waals surface area (Å²) < 4.78 is 70.4. The van der Waals surface area contributed by atoms with Crippen LogP contribution in [0.25, 0.3) is 11.1 Å². The van der Waals surface area contributed by atoms with Crippen molar-refractivity contribution in [1.82, 2.24) is 8.84 Å². The van der Waals surface area contributed by atoms with E-state index in [0.29, 0.717) is 0 Å². The molecule has 2 aliphatic heterocycles. The second kappa shape index (κ2) is 7.19. The number of alkyl halides is 3. The maximum atomic E-state index is 14.5. The number of halogens is 9. The molecule has 1 aromatic rings. The molecule has 0 saturated carbocycles. The molecule has 15 heteroatoms. The third-order valence-corrected chi connectivity index (χ3v) is 5.29. The summed E-state index contributed by atoms with van der Waals surface area (Å²) in [4.78, 5) is 47.7. The van der Waals surface area contributed by atoms with Crippen molar-refractivity contribution in [3.8, 4) is 0 Å². The fraction of sp³-hybridized carbons (Fsp3) is 0.0667. The first-order valence-corrected chi connectivity index (χ1v) is 8.63. The molecule has 0 unspecified atom stereocenters. The fourth-order valence-electron chi connectivity index (χ4n) is 2.78. The quantitative estimate of drug-likeness (QED) is 0.344. The minimum atomic E-state index is -5.64. The predicted molar refractivity (Wildman–Crippen MR) is 92.3 cm³/mol. The van der Waals surface area contributed by atoms with Crippen LogP contribution in [0.1, 0.15) is 16.7 Å². The third kappa shape index (κ3) is 3.08. The molecule has 3 rings (SSSR count). The number of carbonyl (C=O) groups is 4. The summed E-state index contributed by atoms with van der Waals surface area (Å²) in [6.07, 6.45) is -5.64. The van der Waals surface area contributed by atoms with Gasteiger partial charge in [0.15, 0.2) is 0 Å². The van der Waals surface area contributed by atoms with Gasteiger partial charge in [0, 0.05) is 40.7 Å². The summed E-state index contributed by atoms with van der Waals surface area (Å²) in [5.74, 6) is -10.1. The second-order valence-electron chi connectivity index (χ2n) is 5.62. The lowest BCUT2D eigenvalue weighted by Gasteiger charge is -2.19. The summed E-state index contributed by atoms with van der Waals surface area (Å²) in [6, 6.07) is -0.114. The van der Waals surface area contributed by atoms with Crippen molar-refractivity contribution in [1.29, 1.82) is 0 Å². The standard InChI is InChI=1S/C15HCl4F5N2O4/c16-9-6(11(27)25(18)13(9)29)4-2(20)1-3(21)5(8(4)15(22,23)24)7-10(17)14(30)26(19)12(7)28/h1H. The van der Waals surface area contributed by atoms with Crippen LogP contribution < -0.4 is 0 Å². The normalized spacial score (nSPS) is 18.0. The molecule has 6 nitrogen and oxygen atoms in total. The molecule has 0 aromatic heterocycles. The molecule has 0 aliphatic carbocycles. The Bertz CT molecular complexity index is 1070. The SMILES string of the molecule is O=C1C(Cl)=C(c2c(F)cc(F)c(C3=C(Cl)C(=O)N(Cl)C3=O)c2C(F)(F)F)C(=O)N1Cl. The van der Waals surface area contributed by atoms with E-state index in [1.807, 2.05) is 0 Å². The zero-order valence-electron chi connectivity index (χ0n) is 13.5. The minimum Gasteiger partial charge on any atom is -0.267 e.